The van der Waals surface area contributed by atoms with Crippen molar-refractivity contribution in [2.75, 3.05) is 31.6 Å². The minimum absolute atomic E-state index is 0. The van der Waals surface area contributed by atoms with E-state index in [0.29, 0.717) is 30.9 Å². The third-order valence-electron chi connectivity index (χ3n) is 5.74. The van der Waals surface area contributed by atoms with Crippen molar-refractivity contribution in [3.05, 3.63) is 59.2 Å². The molecular formula is C24H28ClN3O5. The zero-order chi connectivity index (χ0) is 22.5. The molecule has 2 heterocycles. The molecule has 1 amide bonds. The molecule has 2 unspecified atom stereocenters. The molecule has 0 saturated carbocycles. The van der Waals surface area contributed by atoms with Gasteiger partial charge in [0, 0.05) is 17.2 Å². The van der Waals surface area contributed by atoms with Crippen LogP contribution in [0.4, 0.5) is 5.69 Å². The molecule has 0 aromatic heterocycles. The number of fused-ring (bicyclic) bond motifs is 1. The zero-order valence-corrected chi connectivity index (χ0v) is 19.2. The van der Waals surface area contributed by atoms with Crippen molar-refractivity contribution in [1.82, 2.24) is 5.01 Å². The Bertz CT molecular complexity index is 1010. The largest absolute Gasteiger partial charge is 0.490 e. The Kier molecular flexibility index (Phi) is 8.30. The third-order valence-corrected chi connectivity index (χ3v) is 5.74. The fourth-order valence-electron chi connectivity index (χ4n) is 3.88. The number of anilines is 1. The molecule has 2 aliphatic heterocycles. The van der Waals surface area contributed by atoms with E-state index in [1.165, 1.54) is 0 Å². The fourth-order valence-corrected chi connectivity index (χ4v) is 3.88. The van der Waals surface area contributed by atoms with Crippen molar-refractivity contribution < 1.29 is 24.2 Å². The molecule has 8 nitrogen and oxygen atoms in total. The summed E-state index contributed by atoms with van der Waals surface area (Å²) in [7, 11) is 0. The van der Waals surface area contributed by atoms with Crippen molar-refractivity contribution in [1.29, 1.82) is 0 Å². The number of nitrogens with one attached hydrogen (secondary N) is 1. The van der Waals surface area contributed by atoms with Crippen LogP contribution >= 0.6 is 12.4 Å². The Morgan fingerprint density at radius 2 is 1.91 bits per heavy atom. The Morgan fingerprint density at radius 3 is 2.61 bits per heavy atom. The minimum Gasteiger partial charge on any atom is -0.490 e. The number of benzene rings is 2. The van der Waals surface area contributed by atoms with Gasteiger partial charge >= 0.3 is 5.97 Å². The number of nitrogens with zero attached hydrogens (tertiary/aromatic N) is 2. The van der Waals surface area contributed by atoms with Gasteiger partial charge in [0.15, 0.2) is 0 Å². The first-order valence-corrected chi connectivity index (χ1v) is 10.8. The lowest BCUT2D eigenvalue weighted by Crippen LogP contribution is -2.32. The topological polar surface area (TPSA) is 100 Å². The highest BCUT2D eigenvalue weighted by molar-refractivity contribution is 6.04. The molecule has 4 rings (SSSR count). The molecule has 0 aliphatic carbocycles. The van der Waals surface area contributed by atoms with Crippen molar-refractivity contribution in [2.24, 2.45) is 11.0 Å². The van der Waals surface area contributed by atoms with Gasteiger partial charge in [-0.2, -0.15) is 5.10 Å². The number of hydrogen-bond acceptors (Lipinski definition) is 6. The minimum atomic E-state index is -0.836. The standard InChI is InChI=1S/C24H27N3O5.ClH/c1-16-19(14-23(28)29)12-20-13-21(6-7-22(20)32-16)26-24(30)18-4-2-17(3-5-18)15-25-27-8-10-31-11-9-27;/h2-7,13,15-16,19H,8-12,14H2,1H3,(H,26,30)(H,28,29);1H. The van der Waals surface area contributed by atoms with E-state index in [1.807, 2.05) is 36.2 Å². The summed E-state index contributed by atoms with van der Waals surface area (Å²) in [5, 5.41) is 18.4. The summed E-state index contributed by atoms with van der Waals surface area (Å²) in [6, 6.07) is 12.7. The maximum absolute atomic E-state index is 12.7. The third kappa shape index (κ3) is 6.46. The van der Waals surface area contributed by atoms with Gasteiger partial charge in [-0.15, -0.1) is 12.4 Å². The van der Waals surface area contributed by atoms with E-state index in [1.54, 1.807) is 24.4 Å². The molecule has 2 aromatic rings. The Labute approximate surface area is 199 Å². The van der Waals surface area contributed by atoms with Crippen LogP contribution < -0.4 is 10.1 Å². The predicted octanol–water partition coefficient (Wildman–Crippen LogP) is 3.44. The van der Waals surface area contributed by atoms with E-state index in [2.05, 4.69) is 10.4 Å². The van der Waals surface area contributed by atoms with Gasteiger partial charge in [-0.05, 0) is 54.8 Å². The summed E-state index contributed by atoms with van der Waals surface area (Å²) in [6.45, 7) is 4.81. The lowest BCUT2D eigenvalue weighted by molar-refractivity contribution is -0.139. The van der Waals surface area contributed by atoms with E-state index in [0.717, 1.165) is 30.0 Å². The molecule has 0 radical (unpaired) electrons. The van der Waals surface area contributed by atoms with Crippen LogP contribution in [-0.4, -0.2) is 60.6 Å². The molecule has 2 aromatic carbocycles. The quantitative estimate of drug-likeness (QED) is 0.623. The van der Waals surface area contributed by atoms with Crippen molar-refractivity contribution >= 4 is 36.2 Å². The van der Waals surface area contributed by atoms with E-state index >= 15 is 0 Å². The first-order chi connectivity index (χ1) is 15.5. The number of halogens is 1. The molecule has 1 fully saturated rings. The molecule has 1 saturated heterocycles. The molecular weight excluding hydrogens is 446 g/mol. The van der Waals surface area contributed by atoms with Gasteiger partial charge in [-0.1, -0.05) is 12.1 Å². The smallest absolute Gasteiger partial charge is 0.303 e. The van der Waals surface area contributed by atoms with Crippen LogP contribution in [-0.2, 0) is 16.0 Å². The van der Waals surface area contributed by atoms with Gasteiger partial charge in [0.05, 0.1) is 45.0 Å². The highest BCUT2D eigenvalue weighted by atomic mass is 35.5. The Balaban J connectivity index is 0.00000306. The summed E-state index contributed by atoms with van der Waals surface area (Å²) in [5.74, 6) is -0.413. The molecule has 0 bridgehead atoms. The van der Waals surface area contributed by atoms with Crippen LogP contribution in [0, 0.1) is 5.92 Å². The molecule has 33 heavy (non-hydrogen) atoms. The monoisotopic (exact) mass is 473 g/mol. The predicted molar refractivity (Wildman–Crippen MR) is 128 cm³/mol. The van der Waals surface area contributed by atoms with Crippen LogP contribution in [0.5, 0.6) is 5.75 Å². The molecule has 2 N–H and O–H groups in total. The van der Waals surface area contributed by atoms with Crippen molar-refractivity contribution in [3.63, 3.8) is 0 Å². The summed E-state index contributed by atoms with van der Waals surface area (Å²) in [5.41, 5.74) is 3.01. The van der Waals surface area contributed by atoms with Crippen LogP contribution in [0.15, 0.2) is 47.6 Å². The number of aliphatic carboxylic acids is 1. The van der Waals surface area contributed by atoms with Gasteiger partial charge < -0.3 is 19.9 Å². The van der Waals surface area contributed by atoms with E-state index in [-0.39, 0.29) is 36.8 Å². The number of carboxylic acids is 1. The van der Waals surface area contributed by atoms with Crippen LogP contribution in [0.1, 0.15) is 34.8 Å². The number of hydrogen-bond donors (Lipinski definition) is 2. The summed E-state index contributed by atoms with van der Waals surface area (Å²) in [4.78, 5) is 23.8. The number of carbonyl (C=O) groups excluding carboxylic acids is 1. The van der Waals surface area contributed by atoms with Gasteiger partial charge in [0.25, 0.3) is 5.91 Å². The number of amides is 1. The number of carbonyl (C=O) groups is 2. The number of hydrazone groups is 1. The molecule has 2 atom stereocenters. The SMILES string of the molecule is CC1Oc2ccc(NC(=O)c3ccc(C=NN4CCOCC4)cc3)cc2CC1CC(=O)O.Cl. The normalized spacial score (nSPS) is 19.8. The van der Waals surface area contributed by atoms with Gasteiger partial charge in [0.1, 0.15) is 5.75 Å². The van der Waals surface area contributed by atoms with Crippen molar-refractivity contribution in [2.45, 2.75) is 25.9 Å². The highest BCUT2D eigenvalue weighted by Crippen LogP contribution is 2.34. The summed E-state index contributed by atoms with van der Waals surface area (Å²) in [6.07, 6.45) is 2.27. The zero-order valence-electron chi connectivity index (χ0n) is 18.4. The van der Waals surface area contributed by atoms with Crippen LogP contribution in [0.3, 0.4) is 0 Å². The van der Waals surface area contributed by atoms with Crippen LogP contribution in [0.25, 0.3) is 0 Å². The summed E-state index contributed by atoms with van der Waals surface area (Å²) >= 11 is 0. The number of morpholine rings is 1. The first kappa shape index (κ1) is 24.5. The average molecular weight is 474 g/mol. The maximum Gasteiger partial charge on any atom is 0.303 e. The van der Waals surface area contributed by atoms with E-state index in [9.17, 15) is 9.59 Å². The second kappa shape index (κ2) is 11.2. The number of carboxylic acid groups (broad SMARTS) is 1. The van der Waals surface area contributed by atoms with Gasteiger partial charge in [-0.3, -0.25) is 14.6 Å². The van der Waals surface area contributed by atoms with E-state index < -0.39 is 5.97 Å². The lowest BCUT2D eigenvalue weighted by Gasteiger charge is -2.31. The summed E-state index contributed by atoms with van der Waals surface area (Å²) < 4.78 is 11.2. The highest BCUT2D eigenvalue weighted by Gasteiger charge is 2.28. The maximum atomic E-state index is 12.7. The Morgan fingerprint density at radius 1 is 1.18 bits per heavy atom. The molecule has 0 spiro atoms. The van der Waals surface area contributed by atoms with Crippen LogP contribution in [0.2, 0.25) is 0 Å². The number of rotatable bonds is 6. The molecule has 9 heteroatoms. The van der Waals surface area contributed by atoms with E-state index in [4.69, 9.17) is 14.6 Å². The fraction of sp³-hybridized carbons (Fsp3) is 0.375. The molecule has 2 aliphatic rings. The number of ether oxygens (including phenoxy) is 2. The van der Waals surface area contributed by atoms with Gasteiger partial charge in [-0.25, -0.2) is 0 Å². The van der Waals surface area contributed by atoms with Crippen molar-refractivity contribution in [3.8, 4) is 5.75 Å². The molecule has 176 valence electrons. The second-order valence-corrected chi connectivity index (χ2v) is 8.09. The first-order valence-electron chi connectivity index (χ1n) is 10.8. The average Bonchev–Trinajstić information content (AvgIpc) is 2.79. The van der Waals surface area contributed by atoms with Gasteiger partial charge in [0.2, 0.25) is 0 Å². The second-order valence-electron chi connectivity index (χ2n) is 8.09. The Hall–Kier alpha value is -3.10. The lowest BCUT2D eigenvalue weighted by atomic mass is 9.88.